The molecule has 0 aliphatic rings. The van der Waals surface area contributed by atoms with Gasteiger partial charge in [0.05, 0.1) is 6.57 Å². The van der Waals surface area contributed by atoms with E-state index >= 15 is 0 Å². The van der Waals surface area contributed by atoms with E-state index in [9.17, 15) is 0 Å². The van der Waals surface area contributed by atoms with Crippen LogP contribution in [0.5, 0.6) is 0 Å². The molecule has 2 nitrogen and oxygen atoms in total. The zero-order valence-corrected chi connectivity index (χ0v) is 16.2. The molecule has 0 amide bonds. The maximum Gasteiger partial charge on any atom is 0.187 e. The molecule has 3 heteroatoms. The van der Waals surface area contributed by atoms with Crippen molar-refractivity contribution in [3.8, 4) is 22.4 Å². The minimum absolute atomic E-state index is 0. The molecule has 121 valence electrons. The summed E-state index contributed by atoms with van der Waals surface area (Å²) in [5.74, 6) is 0. The summed E-state index contributed by atoms with van der Waals surface area (Å²) in [5.41, 5.74) is 8.16. The van der Waals surface area contributed by atoms with Gasteiger partial charge in [0.15, 0.2) is 5.69 Å². The summed E-state index contributed by atoms with van der Waals surface area (Å²) in [6.45, 7) is 13.4. The Morgan fingerprint density at radius 1 is 1.04 bits per heavy atom. The standard InChI is InChI=1S/C21H17N2.Ir/c1-14-8-15(2)10-18(9-14)21-11-16(3)20(13-23-21)17-6-5-7-19(12-17)22-4;/h5-9,11-13H,1-3H3;/q-1;. The average molecular weight is 490 g/mol. The van der Waals surface area contributed by atoms with Crippen LogP contribution in [0.4, 0.5) is 5.69 Å². The first-order valence-electron chi connectivity index (χ1n) is 7.52. The van der Waals surface area contributed by atoms with Gasteiger partial charge < -0.3 is 4.98 Å². The van der Waals surface area contributed by atoms with Crippen molar-refractivity contribution in [2.75, 3.05) is 0 Å². The first kappa shape index (κ1) is 18.1. The third-order valence-corrected chi connectivity index (χ3v) is 3.82. The van der Waals surface area contributed by atoms with Crippen LogP contribution in [0.25, 0.3) is 27.2 Å². The van der Waals surface area contributed by atoms with E-state index in [1.54, 1.807) is 0 Å². The first-order valence-corrected chi connectivity index (χ1v) is 7.52. The van der Waals surface area contributed by atoms with E-state index in [0.29, 0.717) is 5.69 Å². The second-order valence-corrected chi connectivity index (χ2v) is 5.80. The number of pyridine rings is 1. The Hall–Kier alpha value is -2.27. The molecule has 0 saturated carbocycles. The molecule has 0 aliphatic heterocycles. The number of nitrogens with zero attached hydrogens (tertiary/aromatic N) is 2. The van der Waals surface area contributed by atoms with Crippen molar-refractivity contribution in [2.45, 2.75) is 20.8 Å². The Bertz CT molecular complexity index is 903. The zero-order valence-electron chi connectivity index (χ0n) is 13.8. The van der Waals surface area contributed by atoms with Gasteiger partial charge in [-0.05, 0) is 35.4 Å². The van der Waals surface area contributed by atoms with Gasteiger partial charge in [0.2, 0.25) is 0 Å². The Morgan fingerprint density at radius 3 is 2.50 bits per heavy atom. The third kappa shape index (κ3) is 3.79. The molecule has 0 spiro atoms. The smallest absolute Gasteiger partial charge is 0.187 e. The fraction of sp³-hybridized carbons (Fsp3) is 0.143. The topological polar surface area (TPSA) is 17.2 Å². The van der Waals surface area contributed by atoms with Gasteiger partial charge in [-0.3, -0.25) is 0 Å². The Morgan fingerprint density at radius 2 is 1.83 bits per heavy atom. The molecule has 0 fully saturated rings. The van der Waals surface area contributed by atoms with Crippen LogP contribution in [0.1, 0.15) is 16.7 Å². The number of aryl methyl sites for hydroxylation is 3. The SMILES string of the molecule is [C-]#[N+]c1cccc(-c2cnc(-c3[c-]c(C)cc(C)c3)cc2C)c1.[Ir]. The van der Waals surface area contributed by atoms with Gasteiger partial charge in [-0.2, -0.15) is 0 Å². The van der Waals surface area contributed by atoms with Crippen LogP contribution in [0.3, 0.4) is 0 Å². The minimum Gasteiger partial charge on any atom is -0.304 e. The maximum atomic E-state index is 7.15. The molecule has 3 aromatic rings. The predicted molar refractivity (Wildman–Crippen MR) is 94.4 cm³/mol. The van der Waals surface area contributed by atoms with Crippen molar-refractivity contribution in [3.63, 3.8) is 0 Å². The second kappa shape index (κ2) is 7.53. The summed E-state index contributed by atoms with van der Waals surface area (Å²) in [7, 11) is 0. The Labute approximate surface area is 156 Å². The van der Waals surface area contributed by atoms with Crippen molar-refractivity contribution < 1.29 is 20.1 Å². The fourth-order valence-electron chi connectivity index (χ4n) is 2.78. The largest absolute Gasteiger partial charge is 0.304 e. The van der Waals surface area contributed by atoms with Crippen LogP contribution in [0.2, 0.25) is 0 Å². The molecule has 1 radical (unpaired) electrons. The normalized spacial score (nSPS) is 9.92. The van der Waals surface area contributed by atoms with E-state index in [-0.39, 0.29) is 20.1 Å². The first-order chi connectivity index (χ1) is 11.1. The molecule has 0 unspecified atom stereocenters. The molecule has 0 saturated heterocycles. The van der Waals surface area contributed by atoms with E-state index < -0.39 is 0 Å². The minimum atomic E-state index is 0. The number of hydrogen-bond donors (Lipinski definition) is 0. The number of benzene rings is 2. The van der Waals surface area contributed by atoms with Gasteiger partial charge in [-0.25, -0.2) is 4.85 Å². The molecule has 0 N–H and O–H groups in total. The molecular weight excluding hydrogens is 472 g/mol. The van der Waals surface area contributed by atoms with E-state index in [2.05, 4.69) is 47.9 Å². The van der Waals surface area contributed by atoms with Crippen molar-refractivity contribution in [3.05, 3.63) is 82.8 Å². The van der Waals surface area contributed by atoms with Crippen LogP contribution in [-0.4, -0.2) is 4.98 Å². The van der Waals surface area contributed by atoms with Crippen molar-refractivity contribution in [1.29, 1.82) is 0 Å². The summed E-state index contributed by atoms with van der Waals surface area (Å²) in [6.07, 6.45) is 1.89. The quantitative estimate of drug-likeness (QED) is 0.423. The molecule has 0 bridgehead atoms. The average Bonchev–Trinajstić information content (AvgIpc) is 2.54. The van der Waals surface area contributed by atoms with Crippen molar-refractivity contribution >= 4 is 5.69 Å². The Balaban J connectivity index is 0.00000208. The summed E-state index contributed by atoms with van der Waals surface area (Å²) in [5, 5.41) is 0. The van der Waals surface area contributed by atoms with Gasteiger partial charge in [0.1, 0.15) is 0 Å². The zero-order chi connectivity index (χ0) is 16.4. The van der Waals surface area contributed by atoms with E-state index in [1.165, 1.54) is 5.56 Å². The van der Waals surface area contributed by atoms with Crippen LogP contribution >= 0.6 is 0 Å². The number of hydrogen-bond acceptors (Lipinski definition) is 1. The maximum absolute atomic E-state index is 7.15. The van der Waals surface area contributed by atoms with Gasteiger partial charge in [0.25, 0.3) is 0 Å². The Kier molecular flexibility index (Phi) is 5.67. The summed E-state index contributed by atoms with van der Waals surface area (Å²) in [4.78, 5) is 8.11. The monoisotopic (exact) mass is 490 g/mol. The molecule has 3 rings (SSSR count). The number of rotatable bonds is 2. The summed E-state index contributed by atoms with van der Waals surface area (Å²) in [6, 6.07) is 17.3. The molecule has 0 aliphatic carbocycles. The predicted octanol–water partition coefficient (Wildman–Crippen LogP) is 5.69. The molecule has 24 heavy (non-hydrogen) atoms. The van der Waals surface area contributed by atoms with Crippen molar-refractivity contribution in [2.24, 2.45) is 0 Å². The summed E-state index contributed by atoms with van der Waals surface area (Å²) >= 11 is 0. The van der Waals surface area contributed by atoms with Gasteiger partial charge in [0, 0.05) is 26.3 Å². The molecular formula is C21H17IrN2-. The van der Waals surface area contributed by atoms with Gasteiger partial charge in [-0.1, -0.05) is 38.1 Å². The molecule has 2 aromatic carbocycles. The van der Waals surface area contributed by atoms with Gasteiger partial charge in [-0.15, -0.1) is 34.9 Å². The van der Waals surface area contributed by atoms with E-state index in [0.717, 1.165) is 33.5 Å². The van der Waals surface area contributed by atoms with Crippen LogP contribution < -0.4 is 0 Å². The molecule has 0 atom stereocenters. The molecule has 1 heterocycles. The second-order valence-electron chi connectivity index (χ2n) is 5.80. The van der Waals surface area contributed by atoms with E-state index in [4.69, 9.17) is 6.57 Å². The van der Waals surface area contributed by atoms with Gasteiger partial charge >= 0.3 is 0 Å². The number of aromatic nitrogens is 1. The van der Waals surface area contributed by atoms with E-state index in [1.807, 2.05) is 37.4 Å². The fourth-order valence-corrected chi connectivity index (χ4v) is 2.78. The molecule has 1 aromatic heterocycles. The van der Waals surface area contributed by atoms with Crippen LogP contribution in [-0.2, 0) is 20.1 Å². The van der Waals surface area contributed by atoms with Crippen LogP contribution in [0.15, 0.2) is 48.7 Å². The van der Waals surface area contributed by atoms with Crippen LogP contribution in [0, 0.1) is 33.4 Å². The third-order valence-electron chi connectivity index (χ3n) is 3.82. The summed E-state index contributed by atoms with van der Waals surface area (Å²) < 4.78 is 0. The van der Waals surface area contributed by atoms with Crippen molar-refractivity contribution in [1.82, 2.24) is 4.98 Å².